The van der Waals surface area contributed by atoms with Gasteiger partial charge >= 0.3 is 0 Å². The minimum atomic E-state index is -0.231. The Labute approximate surface area is 147 Å². The van der Waals surface area contributed by atoms with E-state index in [1.54, 1.807) is 18.2 Å². The number of ether oxygens (including phenoxy) is 3. The van der Waals surface area contributed by atoms with Gasteiger partial charge < -0.3 is 18.7 Å². The van der Waals surface area contributed by atoms with E-state index in [-0.39, 0.29) is 17.7 Å². The van der Waals surface area contributed by atoms with Gasteiger partial charge in [0, 0.05) is 11.5 Å². The smallest absolute Gasteiger partial charge is 0.231 e. The zero-order valence-corrected chi connectivity index (χ0v) is 15.4. The van der Waals surface area contributed by atoms with Crippen molar-refractivity contribution < 1.29 is 23.5 Å². The molecule has 2 aromatic rings. The van der Waals surface area contributed by atoms with Gasteiger partial charge in [0.2, 0.25) is 17.5 Å². The number of methoxy groups -OCH3 is 3. The van der Waals surface area contributed by atoms with Gasteiger partial charge in [-0.15, -0.1) is 0 Å². The summed E-state index contributed by atoms with van der Waals surface area (Å²) in [5, 5.41) is 6.68. The lowest BCUT2D eigenvalue weighted by Crippen LogP contribution is -2.14. The van der Waals surface area contributed by atoms with Crippen LogP contribution in [0.5, 0.6) is 17.2 Å². The van der Waals surface area contributed by atoms with Crippen LogP contribution >= 0.6 is 0 Å². The highest BCUT2D eigenvalue weighted by molar-refractivity contribution is 5.91. The van der Waals surface area contributed by atoms with Crippen LogP contribution in [-0.2, 0) is 16.6 Å². The second-order valence-electron chi connectivity index (χ2n) is 6.58. The van der Waals surface area contributed by atoms with Crippen LogP contribution in [0, 0.1) is 0 Å². The van der Waals surface area contributed by atoms with Gasteiger partial charge in [-0.1, -0.05) is 25.9 Å². The summed E-state index contributed by atoms with van der Waals surface area (Å²) in [6, 6.07) is 5.21. The molecule has 0 saturated carbocycles. The molecule has 1 aromatic heterocycles. The van der Waals surface area contributed by atoms with E-state index in [0.717, 1.165) is 11.3 Å². The van der Waals surface area contributed by atoms with Crippen molar-refractivity contribution >= 4 is 11.8 Å². The van der Waals surface area contributed by atoms with Crippen LogP contribution in [0.25, 0.3) is 0 Å². The van der Waals surface area contributed by atoms with Gasteiger partial charge in [0.1, 0.15) is 0 Å². The Morgan fingerprint density at radius 3 is 2.12 bits per heavy atom. The SMILES string of the molecule is COc1cc(CC(=O)Nc2cc(C(C)(C)C)no2)cc(OC)c1OC. The second-order valence-corrected chi connectivity index (χ2v) is 6.58. The van der Waals surface area contributed by atoms with Crippen molar-refractivity contribution in [1.82, 2.24) is 5.16 Å². The van der Waals surface area contributed by atoms with E-state index in [2.05, 4.69) is 10.5 Å². The molecule has 136 valence electrons. The molecule has 0 unspecified atom stereocenters. The number of hydrogen-bond acceptors (Lipinski definition) is 6. The molecule has 0 saturated heterocycles. The number of aromatic nitrogens is 1. The Balaban J connectivity index is 2.14. The summed E-state index contributed by atoms with van der Waals surface area (Å²) >= 11 is 0. The number of nitrogens with zero attached hydrogens (tertiary/aromatic N) is 1. The predicted octanol–water partition coefficient (Wildman–Crippen LogP) is 3.18. The van der Waals surface area contributed by atoms with Gasteiger partial charge in [0.15, 0.2) is 11.5 Å². The minimum absolute atomic E-state index is 0.127. The summed E-state index contributed by atoms with van der Waals surface area (Å²) in [5.74, 6) is 1.58. The highest BCUT2D eigenvalue weighted by atomic mass is 16.5. The number of benzene rings is 1. The van der Waals surface area contributed by atoms with Crippen molar-refractivity contribution in [1.29, 1.82) is 0 Å². The summed E-state index contributed by atoms with van der Waals surface area (Å²) in [5.41, 5.74) is 1.35. The lowest BCUT2D eigenvalue weighted by atomic mass is 9.92. The third-order valence-electron chi connectivity index (χ3n) is 3.63. The quantitative estimate of drug-likeness (QED) is 0.863. The highest BCUT2D eigenvalue weighted by Gasteiger charge is 2.20. The van der Waals surface area contributed by atoms with Crippen molar-refractivity contribution in [2.45, 2.75) is 32.6 Å². The third-order valence-corrected chi connectivity index (χ3v) is 3.63. The normalized spacial score (nSPS) is 11.1. The van der Waals surface area contributed by atoms with E-state index in [1.807, 2.05) is 20.8 Å². The van der Waals surface area contributed by atoms with Gasteiger partial charge in [-0.05, 0) is 17.7 Å². The molecule has 7 heteroatoms. The van der Waals surface area contributed by atoms with Crippen LogP contribution in [0.1, 0.15) is 32.0 Å². The molecule has 1 aromatic carbocycles. The van der Waals surface area contributed by atoms with Gasteiger partial charge in [-0.2, -0.15) is 0 Å². The molecule has 0 aliphatic carbocycles. The number of carbonyl (C=O) groups excluding carboxylic acids is 1. The summed E-state index contributed by atoms with van der Waals surface area (Å²) in [7, 11) is 4.59. The standard InChI is InChI=1S/C18H24N2O5/c1-18(2,3)14-10-16(25-20-14)19-15(21)9-11-7-12(22-4)17(24-6)13(8-11)23-5/h7-8,10H,9H2,1-6H3,(H,19,21). The number of rotatable bonds is 6. The van der Waals surface area contributed by atoms with Crippen molar-refractivity contribution in [2.24, 2.45) is 0 Å². The summed E-state index contributed by atoms with van der Waals surface area (Å²) < 4.78 is 21.0. The molecule has 7 nitrogen and oxygen atoms in total. The molecular formula is C18H24N2O5. The Hall–Kier alpha value is -2.70. The highest BCUT2D eigenvalue weighted by Crippen LogP contribution is 2.38. The Kier molecular flexibility index (Phi) is 5.56. The monoisotopic (exact) mass is 348 g/mol. The molecule has 0 spiro atoms. The van der Waals surface area contributed by atoms with Crippen molar-refractivity contribution in [3.05, 3.63) is 29.5 Å². The van der Waals surface area contributed by atoms with Crippen LogP contribution in [-0.4, -0.2) is 32.4 Å². The van der Waals surface area contributed by atoms with Crippen LogP contribution in [0.4, 0.5) is 5.88 Å². The molecule has 1 N–H and O–H groups in total. The average molecular weight is 348 g/mol. The Morgan fingerprint density at radius 1 is 1.08 bits per heavy atom. The van der Waals surface area contributed by atoms with E-state index in [1.165, 1.54) is 21.3 Å². The van der Waals surface area contributed by atoms with Crippen LogP contribution < -0.4 is 19.5 Å². The average Bonchev–Trinajstić information content (AvgIpc) is 3.02. The number of anilines is 1. The third kappa shape index (κ3) is 4.43. The summed E-state index contributed by atoms with van der Waals surface area (Å²) in [6.45, 7) is 6.06. The fraction of sp³-hybridized carbons (Fsp3) is 0.444. The van der Waals surface area contributed by atoms with Crippen LogP contribution in [0.15, 0.2) is 22.7 Å². The molecule has 25 heavy (non-hydrogen) atoms. The van der Waals surface area contributed by atoms with Crippen LogP contribution in [0.3, 0.4) is 0 Å². The fourth-order valence-corrected chi connectivity index (χ4v) is 2.29. The molecule has 0 radical (unpaired) electrons. The summed E-state index contributed by atoms with van der Waals surface area (Å²) in [6.07, 6.45) is 0.127. The van der Waals surface area contributed by atoms with Crippen molar-refractivity contribution in [2.75, 3.05) is 26.6 Å². The first-order chi connectivity index (χ1) is 11.8. The fourth-order valence-electron chi connectivity index (χ4n) is 2.29. The molecule has 0 bridgehead atoms. The number of nitrogens with one attached hydrogen (secondary N) is 1. The maximum atomic E-state index is 12.3. The zero-order valence-electron chi connectivity index (χ0n) is 15.4. The molecule has 1 amide bonds. The molecule has 1 heterocycles. The van der Waals surface area contributed by atoms with Crippen LogP contribution in [0.2, 0.25) is 0 Å². The Bertz CT molecular complexity index is 721. The van der Waals surface area contributed by atoms with E-state index < -0.39 is 0 Å². The molecule has 0 aliphatic heterocycles. The van der Waals surface area contributed by atoms with Gasteiger partial charge in [0.05, 0.1) is 33.4 Å². The summed E-state index contributed by atoms with van der Waals surface area (Å²) in [4.78, 5) is 12.3. The maximum Gasteiger partial charge on any atom is 0.231 e. The number of hydrogen-bond donors (Lipinski definition) is 1. The Morgan fingerprint density at radius 2 is 1.68 bits per heavy atom. The second kappa shape index (κ2) is 7.46. The van der Waals surface area contributed by atoms with Crippen molar-refractivity contribution in [3.8, 4) is 17.2 Å². The van der Waals surface area contributed by atoms with E-state index in [9.17, 15) is 4.79 Å². The zero-order chi connectivity index (χ0) is 18.6. The minimum Gasteiger partial charge on any atom is -0.493 e. The molecule has 2 rings (SSSR count). The maximum absolute atomic E-state index is 12.3. The molecule has 0 atom stereocenters. The number of amides is 1. The van der Waals surface area contributed by atoms with E-state index in [0.29, 0.717) is 23.1 Å². The topological polar surface area (TPSA) is 82.8 Å². The predicted molar refractivity (Wildman–Crippen MR) is 93.6 cm³/mol. The lowest BCUT2D eigenvalue weighted by Gasteiger charge is -2.14. The first-order valence-electron chi connectivity index (χ1n) is 7.84. The van der Waals surface area contributed by atoms with Gasteiger partial charge in [-0.3, -0.25) is 10.1 Å². The number of carbonyl (C=O) groups is 1. The van der Waals surface area contributed by atoms with Gasteiger partial charge in [0.25, 0.3) is 0 Å². The first-order valence-corrected chi connectivity index (χ1v) is 7.84. The lowest BCUT2D eigenvalue weighted by molar-refractivity contribution is -0.115. The largest absolute Gasteiger partial charge is 0.493 e. The molecular weight excluding hydrogens is 324 g/mol. The van der Waals surface area contributed by atoms with E-state index in [4.69, 9.17) is 18.7 Å². The van der Waals surface area contributed by atoms with E-state index >= 15 is 0 Å². The van der Waals surface area contributed by atoms with Gasteiger partial charge in [-0.25, -0.2) is 0 Å². The molecule has 0 aliphatic rings. The molecule has 0 fully saturated rings. The first kappa shape index (κ1) is 18.6. The van der Waals surface area contributed by atoms with Crippen molar-refractivity contribution in [3.63, 3.8) is 0 Å².